The van der Waals surface area contributed by atoms with Gasteiger partial charge in [-0.1, -0.05) is 12.5 Å². The molecule has 0 aromatic rings. The van der Waals surface area contributed by atoms with Gasteiger partial charge in [0.1, 0.15) is 0 Å². The van der Waals surface area contributed by atoms with Gasteiger partial charge in [-0.15, -0.1) is 6.58 Å². The van der Waals surface area contributed by atoms with Gasteiger partial charge in [0.2, 0.25) is 0 Å². The Balaban J connectivity index is 2.62. The molecule has 0 bridgehead atoms. The standard InChI is InChI=1S/C13H25NO/c1-5-14-12(10-11(2)3)13(4)8-6-7-9-15-13/h12,14H,2,5-10H2,1,3-4H3. The van der Waals surface area contributed by atoms with Crippen LogP contribution >= 0.6 is 0 Å². The third-order valence-electron chi connectivity index (χ3n) is 3.24. The molecule has 0 aliphatic carbocycles. The lowest BCUT2D eigenvalue weighted by Gasteiger charge is -2.41. The Hall–Kier alpha value is -0.340. The zero-order valence-corrected chi connectivity index (χ0v) is 10.4. The summed E-state index contributed by atoms with van der Waals surface area (Å²) >= 11 is 0. The largest absolute Gasteiger partial charge is 0.374 e. The molecular weight excluding hydrogens is 186 g/mol. The van der Waals surface area contributed by atoms with Crippen molar-refractivity contribution in [2.75, 3.05) is 13.2 Å². The Morgan fingerprint density at radius 3 is 2.73 bits per heavy atom. The van der Waals surface area contributed by atoms with Gasteiger partial charge in [0, 0.05) is 12.6 Å². The molecule has 0 spiro atoms. The predicted octanol–water partition coefficient (Wildman–Crippen LogP) is 2.89. The topological polar surface area (TPSA) is 21.3 Å². The number of ether oxygens (including phenoxy) is 1. The maximum Gasteiger partial charge on any atom is 0.0809 e. The quantitative estimate of drug-likeness (QED) is 0.706. The average molecular weight is 211 g/mol. The summed E-state index contributed by atoms with van der Waals surface area (Å²) in [5, 5.41) is 3.54. The van der Waals surface area contributed by atoms with Gasteiger partial charge in [-0.3, -0.25) is 0 Å². The Morgan fingerprint density at radius 1 is 1.53 bits per heavy atom. The molecule has 2 atom stereocenters. The van der Waals surface area contributed by atoms with Gasteiger partial charge in [0.15, 0.2) is 0 Å². The highest BCUT2D eigenvalue weighted by Crippen LogP contribution is 2.30. The maximum atomic E-state index is 5.98. The molecule has 0 saturated carbocycles. The first-order valence-electron chi connectivity index (χ1n) is 6.10. The minimum absolute atomic E-state index is 0.00715. The Kier molecular flexibility index (Phi) is 4.81. The molecule has 88 valence electrons. The fourth-order valence-corrected chi connectivity index (χ4v) is 2.33. The van der Waals surface area contributed by atoms with Crippen molar-refractivity contribution in [1.82, 2.24) is 5.32 Å². The summed E-state index contributed by atoms with van der Waals surface area (Å²) in [4.78, 5) is 0. The van der Waals surface area contributed by atoms with E-state index in [2.05, 4.69) is 32.7 Å². The number of likely N-dealkylation sites (N-methyl/N-ethyl adjacent to an activating group) is 1. The van der Waals surface area contributed by atoms with Gasteiger partial charge >= 0.3 is 0 Å². The van der Waals surface area contributed by atoms with E-state index in [1.165, 1.54) is 18.4 Å². The van der Waals surface area contributed by atoms with Gasteiger partial charge < -0.3 is 10.1 Å². The van der Waals surface area contributed by atoms with Crippen LogP contribution in [0.1, 0.15) is 46.5 Å². The van der Waals surface area contributed by atoms with Crippen LogP contribution in [0.25, 0.3) is 0 Å². The van der Waals surface area contributed by atoms with E-state index in [0.717, 1.165) is 26.0 Å². The van der Waals surface area contributed by atoms with Crippen LogP contribution < -0.4 is 5.32 Å². The van der Waals surface area contributed by atoms with E-state index in [-0.39, 0.29) is 5.60 Å². The first-order valence-corrected chi connectivity index (χ1v) is 6.10. The monoisotopic (exact) mass is 211 g/mol. The van der Waals surface area contributed by atoms with Crippen LogP contribution in [0.15, 0.2) is 12.2 Å². The van der Waals surface area contributed by atoms with Crippen molar-refractivity contribution in [3.05, 3.63) is 12.2 Å². The molecule has 1 fully saturated rings. The van der Waals surface area contributed by atoms with Gasteiger partial charge in [-0.2, -0.15) is 0 Å². The molecule has 2 unspecified atom stereocenters. The van der Waals surface area contributed by atoms with Gasteiger partial charge in [-0.05, 0) is 46.1 Å². The molecule has 0 amide bonds. The predicted molar refractivity (Wildman–Crippen MR) is 65.1 cm³/mol. The number of nitrogens with one attached hydrogen (secondary N) is 1. The van der Waals surface area contributed by atoms with E-state index in [0.29, 0.717) is 6.04 Å². The molecule has 0 aromatic carbocycles. The smallest absolute Gasteiger partial charge is 0.0809 e. The van der Waals surface area contributed by atoms with E-state index < -0.39 is 0 Å². The molecular formula is C13H25NO. The van der Waals surface area contributed by atoms with E-state index in [9.17, 15) is 0 Å². The lowest BCUT2D eigenvalue weighted by molar-refractivity contribution is -0.0880. The van der Waals surface area contributed by atoms with Crippen molar-refractivity contribution < 1.29 is 4.74 Å². The summed E-state index contributed by atoms with van der Waals surface area (Å²) in [7, 11) is 0. The lowest BCUT2D eigenvalue weighted by Crippen LogP contribution is -2.52. The Morgan fingerprint density at radius 2 is 2.27 bits per heavy atom. The molecule has 1 rings (SSSR count). The third-order valence-corrected chi connectivity index (χ3v) is 3.24. The molecule has 1 aliphatic rings. The van der Waals surface area contributed by atoms with E-state index in [4.69, 9.17) is 4.74 Å². The second-order valence-electron chi connectivity index (χ2n) is 4.89. The average Bonchev–Trinajstić information content (AvgIpc) is 2.18. The number of rotatable bonds is 5. The van der Waals surface area contributed by atoms with Crippen LogP contribution in [0.3, 0.4) is 0 Å². The van der Waals surface area contributed by atoms with Crippen LogP contribution in [-0.2, 0) is 4.74 Å². The van der Waals surface area contributed by atoms with Crippen LogP contribution in [0.5, 0.6) is 0 Å². The van der Waals surface area contributed by atoms with Gasteiger partial charge in [0.05, 0.1) is 5.60 Å². The van der Waals surface area contributed by atoms with E-state index in [1.54, 1.807) is 0 Å². The molecule has 1 heterocycles. The second-order valence-corrected chi connectivity index (χ2v) is 4.89. The highest BCUT2D eigenvalue weighted by molar-refractivity contribution is 5.01. The minimum atomic E-state index is 0.00715. The van der Waals surface area contributed by atoms with Crippen LogP contribution in [0, 0.1) is 0 Å². The first-order chi connectivity index (χ1) is 7.08. The highest BCUT2D eigenvalue weighted by atomic mass is 16.5. The molecule has 1 N–H and O–H groups in total. The number of hydrogen-bond acceptors (Lipinski definition) is 2. The first kappa shape index (κ1) is 12.7. The maximum absolute atomic E-state index is 5.98. The SMILES string of the molecule is C=C(C)CC(NCC)C1(C)CCCCO1. The van der Waals surface area contributed by atoms with Crippen molar-refractivity contribution in [2.24, 2.45) is 0 Å². The van der Waals surface area contributed by atoms with Crippen molar-refractivity contribution in [1.29, 1.82) is 0 Å². The molecule has 0 radical (unpaired) electrons. The van der Waals surface area contributed by atoms with Crippen LogP contribution in [0.4, 0.5) is 0 Å². The van der Waals surface area contributed by atoms with Gasteiger partial charge in [0.25, 0.3) is 0 Å². The van der Waals surface area contributed by atoms with E-state index >= 15 is 0 Å². The molecule has 1 aliphatic heterocycles. The fraction of sp³-hybridized carbons (Fsp3) is 0.846. The highest BCUT2D eigenvalue weighted by Gasteiger charge is 2.35. The van der Waals surface area contributed by atoms with Crippen molar-refractivity contribution >= 4 is 0 Å². The third kappa shape index (κ3) is 3.62. The molecule has 2 heteroatoms. The molecule has 1 saturated heterocycles. The van der Waals surface area contributed by atoms with Crippen molar-refractivity contribution in [2.45, 2.75) is 58.1 Å². The van der Waals surface area contributed by atoms with Gasteiger partial charge in [-0.25, -0.2) is 0 Å². The summed E-state index contributed by atoms with van der Waals surface area (Å²) in [6.45, 7) is 12.4. The Bertz CT molecular complexity index is 207. The molecule has 0 aromatic heterocycles. The normalized spacial score (nSPS) is 28.7. The summed E-state index contributed by atoms with van der Waals surface area (Å²) in [5.74, 6) is 0. The zero-order chi connectivity index (χ0) is 11.3. The second kappa shape index (κ2) is 5.66. The van der Waals surface area contributed by atoms with E-state index in [1.807, 2.05) is 0 Å². The van der Waals surface area contributed by atoms with Crippen LogP contribution in [0.2, 0.25) is 0 Å². The zero-order valence-electron chi connectivity index (χ0n) is 10.4. The molecule has 2 nitrogen and oxygen atoms in total. The lowest BCUT2D eigenvalue weighted by atomic mass is 9.85. The summed E-state index contributed by atoms with van der Waals surface area (Å²) in [6, 6.07) is 0.417. The summed E-state index contributed by atoms with van der Waals surface area (Å²) in [6.07, 6.45) is 4.68. The van der Waals surface area contributed by atoms with Crippen molar-refractivity contribution in [3.8, 4) is 0 Å². The Labute approximate surface area is 94.1 Å². The summed E-state index contributed by atoms with van der Waals surface area (Å²) in [5.41, 5.74) is 1.24. The fourth-order valence-electron chi connectivity index (χ4n) is 2.33. The molecule has 15 heavy (non-hydrogen) atoms. The van der Waals surface area contributed by atoms with Crippen LogP contribution in [-0.4, -0.2) is 24.8 Å². The minimum Gasteiger partial charge on any atom is -0.374 e. The van der Waals surface area contributed by atoms with Crippen molar-refractivity contribution in [3.63, 3.8) is 0 Å². The number of hydrogen-bond donors (Lipinski definition) is 1. The summed E-state index contributed by atoms with van der Waals surface area (Å²) < 4.78 is 5.98.